The monoisotopic (exact) mass is 296 g/mol. The first-order valence-electron chi connectivity index (χ1n) is 4.54. The normalized spacial score (nSPS) is 14.5. The van der Waals surface area contributed by atoms with E-state index in [4.69, 9.17) is 0 Å². The van der Waals surface area contributed by atoms with Gasteiger partial charge in [-0.15, -0.1) is 0 Å². The van der Waals surface area contributed by atoms with Crippen LogP contribution in [-0.2, 0) is 14.5 Å². The number of benzene rings is 1. The fourth-order valence-corrected chi connectivity index (χ4v) is 2.16. The lowest BCUT2D eigenvalue weighted by Crippen LogP contribution is -2.40. The maximum atomic E-state index is 12.0. The number of nitro groups is 1. The van der Waals surface area contributed by atoms with E-state index in [1.165, 1.54) is 4.72 Å². The van der Waals surface area contributed by atoms with Crippen LogP contribution in [0.2, 0.25) is 0 Å². The molecule has 1 amide bonds. The Morgan fingerprint density at radius 1 is 1.32 bits per heavy atom. The number of non-ortho nitro benzene ring substituents is 1. The lowest BCUT2D eigenvalue weighted by Gasteiger charge is -2.12. The lowest BCUT2D eigenvalue weighted by molar-refractivity contribution is -0.384. The van der Waals surface area contributed by atoms with Gasteiger partial charge in [0, 0.05) is 12.1 Å². The summed E-state index contributed by atoms with van der Waals surface area (Å²) in [7, 11) is -3.73. The van der Waals surface area contributed by atoms with Crippen LogP contribution < -0.4 is 4.72 Å². The predicted molar refractivity (Wildman–Crippen MR) is 60.8 cm³/mol. The SMILES string of the molecule is C=S(=O)(NC(=O)C(F)(F)F)c1ccc([N+](=O)[O-])cc1. The second-order valence-corrected chi connectivity index (χ2v) is 5.38. The third-order valence-corrected chi connectivity index (χ3v) is 3.49. The molecule has 1 aromatic carbocycles. The van der Waals surface area contributed by atoms with E-state index in [1.807, 2.05) is 0 Å². The summed E-state index contributed by atoms with van der Waals surface area (Å²) >= 11 is 0. The zero-order valence-corrected chi connectivity index (χ0v) is 9.96. The van der Waals surface area contributed by atoms with Gasteiger partial charge in [0.25, 0.3) is 5.69 Å². The molecular formula is C9H7F3N2O4S. The number of alkyl halides is 3. The molecule has 0 radical (unpaired) electrons. The van der Waals surface area contributed by atoms with Crippen LogP contribution in [0, 0.1) is 10.1 Å². The van der Waals surface area contributed by atoms with Crippen molar-refractivity contribution in [3.63, 3.8) is 0 Å². The van der Waals surface area contributed by atoms with Gasteiger partial charge < -0.3 is 0 Å². The smallest absolute Gasteiger partial charge is 0.271 e. The summed E-state index contributed by atoms with van der Waals surface area (Å²) in [6, 6.07) is 3.81. The summed E-state index contributed by atoms with van der Waals surface area (Å²) in [4.78, 5) is 20.0. The largest absolute Gasteiger partial charge is 0.472 e. The fraction of sp³-hybridized carbons (Fsp3) is 0.111. The van der Waals surface area contributed by atoms with Gasteiger partial charge in [-0.05, 0) is 18.0 Å². The fourth-order valence-electron chi connectivity index (χ4n) is 1.05. The van der Waals surface area contributed by atoms with Crippen LogP contribution in [0.1, 0.15) is 0 Å². The molecule has 1 atom stereocenters. The molecule has 1 aromatic rings. The van der Waals surface area contributed by atoms with Gasteiger partial charge in [-0.25, -0.2) is 4.21 Å². The number of nitrogens with one attached hydrogen (secondary N) is 1. The number of hydrogen-bond acceptors (Lipinski definition) is 4. The maximum absolute atomic E-state index is 12.0. The molecule has 1 rings (SSSR count). The van der Waals surface area contributed by atoms with Crippen molar-refractivity contribution in [1.82, 2.24) is 4.72 Å². The van der Waals surface area contributed by atoms with E-state index in [0.29, 0.717) is 0 Å². The highest BCUT2D eigenvalue weighted by molar-refractivity contribution is 7.99. The molecular weight excluding hydrogens is 289 g/mol. The summed E-state index contributed by atoms with van der Waals surface area (Å²) < 4.78 is 49.1. The minimum Gasteiger partial charge on any atom is -0.271 e. The number of amides is 1. The van der Waals surface area contributed by atoms with Crippen LogP contribution in [-0.4, -0.2) is 27.1 Å². The molecule has 0 saturated carbocycles. The Balaban J connectivity index is 3.02. The minimum atomic E-state index is -5.19. The average molecular weight is 296 g/mol. The van der Waals surface area contributed by atoms with E-state index >= 15 is 0 Å². The zero-order chi connectivity index (χ0) is 14.8. The second kappa shape index (κ2) is 4.88. The van der Waals surface area contributed by atoms with Crippen molar-refractivity contribution in [2.24, 2.45) is 0 Å². The number of nitro benzene ring substituents is 1. The van der Waals surface area contributed by atoms with Gasteiger partial charge in [-0.1, -0.05) is 0 Å². The third kappa shape index (κ3) is 3.68. The Labute approximate surface area is 105 Å². The average Bonchev–Trinajstić information content (AvgIpc) is 2.27. The Hall–Kier alpha value is -2.10. The van der Waals surface area contributed by atoms with Crippen molar-refractivity contribution in [3.8, 4) is 0 Å². The lowest BCUT2D eigenvalue weighted by atomic mass is 10.3. The number of carbonyl (C=O) groups is 1. The van der Waals surface area contributed by atoms with Crippen molar-refractivity contribution < 1.29 is 27.1 Å². The topological polar surface area (TPSA) is 89.3 Å². The van der Waals surface area contributed by atoms with Gasteiger partial charge in [0.2, 0.25) is 0 Å². The Morgan fingerprint density at radius 2 is 1.79 bits per heavy atom. The van der Waals surface area contributed by atoms with Gasteiger partial charge >= 0.3 is 12.1 Å². The molecule has 0 aliphatic rings. The van der Waals surface area contributed by atoms with Gasteiger partial charge in [0.1, 0.15) is 0 Å². The molecule has 0 aliphatic carbocycles. The van der Waals surface area contributed by atoms with Crippen LogP contribution in [0.3, 0.4) is 0 Å². The van der Waals surface area contributed by atoms with Crippen molar-refractivity contribution in [1.29, 1.82) is 0 Å². The van der Waals surface area contributed by atoms with E-state index in [0.717, 1.165) is 24.3 Å². The first-order valence-corrected chi connectivity index (χ1v) is 6.27. The van der Waals surface area contributed by atoms with Crippen LogP contribution in [0.5, 0.6) is 0 Å². The molecule has 10 heteroatoms. The molecule has 104 valence electrons. The van der Waals surface area contributed by atoms with Crippen molar-refractivity contribution in [2.45, 2.75) is 11.1 Å². The second-order valence-electron chi connectivity index (χ2n) is 3.36. The van der Waals surface area contributed by atoms with Gasteiger partial charge in [0.15, 0.2) is 0 Å². The molecule has 0 aromatic heterocycles. The molecule has 0 fully saturated rings. The Morgan fingerprint density at radius 3 is 2.16 bits per heavy atom. The zero-order valence-electron chi connectivity index (χ0n) is 9.14. The summed E-state index contributed by atoms with van der Waals surface area (Å²) in [5.41, 5.74) is -0.332. The highest BCUT2D eigenvalue weighted by Crippen LogP contribution is 2.18. The van der Waals surface area contributed by atoms with Gasteiger partial charge in [-0.2, -0.15) is 13.2 Å². The summed E-state index contributed by atoms with van der Waals surface area (Å²) in [5, 5.41) is 10.4. The molecule has 1 unspecified atom stereocenters. The number of nitrogens with zero attached hydrogens (tertiary/aromatic N) is 1. The maximum Gasteiger partial charge on any atom is 0.472 e. The molecule has 0 spiro atoms. The van der Waals surface area contributed by atoms with Crippen LogP contribution >= 0.6 is 0 Å². The quantitative estimate of drug-likeness (QED) is 0.516. The van der Waals surface area contributed by atoms with E-state index in [9.17, 15) is 32.3 Å². The van der Waals surface area contributed by atoms with Crippen molar-refractivity contribution >= 4 is 27.2 Å². The first-order chi connectivity index (χ1) is 8.54. The number of halogens is 3. The third-order valence-electron chi connectivity index (χ3n) is 1.94. The molecule has 0 bridgehead atoms. The Kier molecular flexibility index (Phi) is 3.84. The molecule has 19 heavy (non-hydrogen) atoms. The van der Waals surface area contributed by atoms with Gasteiger partial charge in [-0.3, -0.25) is 19.6 Å². The van der Waals surface area contributed by atoms with Crippen LogP contribution in [0.25, 0.3) is 0 Å². The summed E-state index contributed by atoms with van der Waals surface area (Å²) in [6.07, 6.45) is -5.19. The summed E-state index contributed by atoms with van der Waals surface area (Å²) in [5.74, 6) is 0.597. The molecule has 0 saturated heterocycles. The number of hydrogen-bond donors (Lipinski definition) is 1. The molecule has 1 N–H and O–H groups in total. The van der Waals surface area contributed by atoms with E-state index in [1.54, 1.807) is 0 Å². The predicted octanol–water partition coefficient (Wildman–Crippen LogP) is 1.26. The van der Waals surface area contributed by atoms with E-state index in [2.05, 4.69) is 5.87 Å². The highest BCUT2D eigenvalue weighted by Gasteiger charge is 2.40. The molecule has 0 heterocycles. The summed E-state index contributed by atoms with van der Waals surface area (Å²) in [6.45, 7) is 0. The van der Waals surface area contributed by atoms with E-state index in [-0.39, 0.29) is 10.6 Å². The molecule has 0 aliphatic heterocycles. The van der Waals surface area contributed by atoms with Gasteiger partial charge in [0.05, 0.1) is 19.5 Å². The minimum absolute atomic E-state index is 0.254. The molecule has 6 nitrogen and oxygen atoms in total. The first kappa shape index (κ1) is 15.0. The number of rotatable bonds is 3. The standard InChI is InChI=1S/C9H7F3N2O4S/c1-19(18,13-8(15)9(10,11)12)7-4-2-6(3-5-7)14(16)17/h2-5H,1H2,(H,13,15,18). The van der Waals surface area contributed by atoms with Crippen LogP contribution in [0.15, 0.2) is 29.2 Å². The number of carbonyl (C=O) groups excluding carboxylic acids is 1. The van der Waals surface area contributed by atoms with E-state index < -0.39 is 26.7 Å². The van der Waals surface area contributed by atoms with Crippen LogP contribution in [0.4, 0.5) is 18.9 Å². The van der Waals surface area contributed by atoms with Crippen molar-refractivity contribution in [3.05, 3.63) is 34.4 Å². The highest BCUT2D eigenvalue weighted by atomic mass is 32.2. The van der Waals surface area contributed by atoms with Crippen molar-refractivity contribution in [2.75, 3.05) is 0 Å². The Bertz CT molecular complexity index is 607.